The number of halogens is 2. The number of nitro benzene ring substituents is 2. The Morgan fingerprint density at radius 1 is 0.788 bits per heavy atom. The molecule has 2 aromatic carbocycles. The van der Waals surface area contributed by atoms with Crippen LogP contribution in [0.1, 0.15) is 0 Å². The fourth-order valence-electron chi connectivity index (χ4n) is 3.57. The second kappa shape index (κ2) is 13.1. The van der Waals surface area contributed by atoms with Gasteiger partial charge in [-0.3, -0.25) is 20.2 Å². The van der Waals surface area contributed by atoms with Crippen molar-refractivity contribution in [3.63, 3.8) is 0 Å². The smallest absolute Gasteiger partial charge is 0.295 e. The molecule has 0 saturated carbocycles. The second-order valence-corrected chi connectivity index (χ2v) is 7.18. The molecule has 2 aliphatic heterocycles. The summed E-state index contributed by atoms with van der Waals surface area (Å²) in [6.07, 6.45) is 0. The van der Waals surface area contributed by atoms with E-state index in [9.17, 15) is 29.0 Å². The van der Waals surface area contributed by atoms with Crippen molar-refractivity contribution in [3.05, 3.63) is 73.6 Å². The van der Waals surface area contributed by atoms with Crippen molar-refractivity contribution in [3.8, 4) is 0 Å². The molecule has 0 unspecified atom stereocenters. The molecule has 13 heteroatoms. The number of hydrogen-bond donors (Lipinski definition) is 1. The largest absolute Gasteiger partial charge is 0.659 e. The van der Waals surface area contributed by atoms with E-state index in [1.54, 1.807) is 0 Å². The molecular weight excluding hydrogens is 653 g/mol. The van der Waals surface area contributed by atoms with Crippen molar-refractivity contribution in [1.82, 2.24) is 5.32 Å². The van der Waals surface area contributed by atoms with E-state index < -0.39 is 21.5 Å². The Hall–Kier alpha value is -1.94. The van der Waals surface area contributed by atoms with E-state index in [-0.39, 0.29) is 55.4 Å². The Morgan fingerprint density at radius 3 is 1.64 bits per heavy atom. The monoisotopic (exact) mass is 676 g/mol. The average Bonchev–Trinajstić information content (AvgIpc) is 2.80. The SMILES string of the molecule is O=[N+]([O-])c1cc(F)ccc1N1CCNCC1.O=[N+]([O-])c1cc(F)ccc1N1CC[N-]CC1.[Ac]. The second-order valence-electron chi connectivity index (χ2n) is 7.18. The van der Waals surface area contributed by atoms with E-state index in [1.165, 1.54) is 24.3 Å². The zero-order valence-corrected chi connectivity index (χ0v) is 22.6. The zero-order chi connectivity index (χ0) is 23.1. The van der Waals surface area contributed by atoms with Gasteiger partial charge in [-0.15, -0.1) is 13.1 Å². The summed E-state index contributed by atoms with van der Waals surface area (Å²) in [6, 6.07) is 7.36. The predicted molar refractivity (Wildman–Crippen MR) is 116 cm³/mol. The molecule has 2 heterocycles. The third-order valence-electron chi connectivity index (χ3n) is 5.12. The molecule has 0 spiro atoms. The first kappa shape index (κ1) is 27.3. The summed E-state index contributed by atoms with van der Waals surface area (Å²) in [6.45, 7) is 5.59. The maximum absolute atomic E-state index is 12.9. The number of piperazine rings is 2. The molecular formula is C20H23AcF2N6O4-. The first-order valence-electron chi connectivity index (χ1n) is 10.1. The Kier molecular flexibility index (Phi) is 10.8. The molecule has 10 nitrogen and oxygen atoms in total. The van der Waals surface area contributed by atoms with Crippen LogP contribution in [0.4, 0.5) is 31.5 Å². The summed E-state index contributed by atoms with van der Waals surface area (Å²) in [5.74, 6) is -1.16. The van der Waals surface area contributed by atoms with E-state index in [2.05, 4.69) is 10.6 Å². The van der Waals surface area contributed by atoms with Crippen LogP contribution in [-0.4, -0.2) is 62.2 Å². The first-order valence-corrected chi connectivity index (χ1v) is 10.1. The van der Waals surface area contributed by atoms with Gasteiger partial charge in [0.1, 0.15) is 23.0 Å². The van der Waals surface area contributed by atoms with Gasteiger partial charge in [-0.25, -0.2) is 8.78 Å². The summed E-state index contributed by atoms with van der Waals surface area (Å²) in [7, 11) is 0. The van der Waals surface area contributed by atoms with Gasteiger partial charge in [-0.1, -0.05) is 0 Å². The van der Waals surface area contributed by atoms with Crippen molar-refractivity contribution in [2.45, 2.75) is 0 Å². The van der Waals surface area contributed by atoms with Gasteiger partial charge >= 0.3 is 0 Å². The van der Waals surface area contributed by atoms with E-state index in [0.29, 0.717) is 50.6 Å². The Balaban J connectivity index is 0.000000227. The van der Waals surface area contributed by atoms with Crippen molar-refractivity contribution in [2.75, 3.05) is 62.2 Å². The molecule has 0 bridgehead atoms. The fourth-order valence-corrected chi connectivity index (χ4v) is 3.57. The average molecular weight is 676 g/mol. The van der Waals surface area contributed by atoms with Crippen LogP contribution in [0.2, 0.25) is 0 Å². The topological polar surface area (TPSA) is 119 Å². The molecule has 0 aromatic heterocycles. The van der Waals surface area contributed by atoms with E-state index in [0.717, 1.165) is 25.2 Å². The molecule has 2 aliphatic rings. The van der Waals surface area contributed by atoms with Gasteiger partial charge in [-0.2, -0.15) is 0 Å². The molecule has 2 fully saturated rings. The number of hydrogen-bond acceptors (Lipinski definition) is 7. The van der Waals surface area contributed by atoms with Crippen molar-refractivity contribution < 1.29 is 62.7 Å². The van der Waals surface area contributed by atoms with Gasteiger partial charge in [0.2, 0.25) is 0 Å². The molecule has 175 valence electrons. The molecule has 0 aliphatic carbocycles. The van der Waals surface area contributed by atoms with Gasteiger partial charge in [0.05, 0.1) is 22.0 Å². The summed E-state index contributed by atoms with van der Waals surface area (Å²) < 4.78 is 25.9. The quantitative estimate of drug-likeness (QED) is 0.391. The van der Waals surface area contributed by atoms with Crippen LogP contribution in [0.3, 0.4) is 0 Å². The van der Waals surface area contributed by atoms with Crippen LogP contribution in [0.5, 0.6) is 0 Å². The van der Waals surface area contributed by atoms with Crippen LogP contribution < -0.4 is 15.1 Å². The number of rotatable bonds is 4. The van der Waals surface area contributed by atoms with Gasteiger partial charge in [0, 0.05) is 70.2 Å². The normalized spacial score (nSPS) is 15.7. The van der Waals surface area contributed by atoms with Crippen LogP contribution in [0.25, 0.3) is 5.32 Å². The molecule has 1 N–H and O–H groups in total. The molecule has 1 radical (unpaired) electrons. The number of nitro groups is 2. The van der Waals surface area contributed by atoms with Crippen LogP contribution in [-0.2, 0) is 0 Å². The number of benzene rings is 2. The van der Waals surface area contributed by atoms with Crippen LogP contribution in [0.15, 0.2) is 36.4 Å². The van der Waals surface area contributed by atoms with Gasteiger partial charge in [0.15, 0.2) is 0 Å². The Bertz CT molecular complexity index is 894. The van der Waals surface area contributed by atoms with E-state index >= 15 is 0 Å². The number of nitrogens with zero attached hydrogens (tertiary/aromatic N) is 5. The molecule has 0 atom stereocenters. The summed E-state index contributed by atoms with van der Waals surface area (Å²) >= 11 is 0. The van der Waals surface area contributed by atoms with E-state index in [4.69, 9.17) is 0 Å². The standard InChI is InChI=1S/C10H12FN3O2.C10H11FN3O2.Ac/c2*11-8-1-2-9(10(7-8)14(15)16)13-5-3-12-4-6-13;/h1-2,7,12H,3-6H2;1-2,7H,3-6H2;/q;-1;. The zero-order valence-electron chi connectivity index (χ0n) is 17.8. The van der Waals surface area contributed by atoms with Gasteiger partial charge < -0.3 is 20.4 Å². The fraction of sp³-hybridized carbons (Fsp3) is 0.400. The van der Waals surface area contributed by atoms with E-state index in [1.807, 2.05) is 9.80 Å². The molecule has 2 saturated heterocycles. The van der Waals surface area contributed by atoms with Gasteiger partial charge in [0.25, 0.3) is 11.4 Å². The summed E-state index contributed by atoms with van der Waals surface area (Å²) in [5, 5.41) is 28.9. The van der Waals surface area contributed by atoms with Crippen molar-refractivity contribution in [2.24, 2.45) is 0 Å². The molecule has 4 rings (SSSR count). The minimum atomic E-state index is -0.586. The Morgan fingerprint density at radius 2 is 1.21 bits per heavy atom. The van der Waals surface area contributed by atoms with Crippen LogP contribution >= 0.6 is 0 Å². The molecule has 0 amide bonds. The maximum Gasteiger partial charge on any atom is 0.295 e. The summed E-state index contributed by atoms with van der Waals surface area (Å²) in [5.41, 5.74) is 0.623. The molecule has 33 heavy (non-hydrogen) atoms. The molecule has 2 aromatic rings. The van der Waals surface area contributed by atoms with Crippen molar-refractivity contribution >= 4 is 22.7 Å². The first-order chi connectivity index (χ1) is 15.4. The van der Waals surface area contributed by atoms with Crippen LogP contribution in [0, 0.1) is 75.9 Å². The number of nitrogens with one attached hydrogen (secondary N) is 1. The Labute approximate surface area is 225 Å². The maximum atomic E-state index is 12.9. The minimum absolute atomic E-state index is 0. The van der Waals surface area contributed by atoms with Crippen molar-refractivity contribution in [1.29, 1.82) is 0 Å². The summed E-state index contributed by atoms with van der Waals surface area (Å²) in [4.78, 5) is 24.3. The predicted octanol–water partition coefficient (Wildman–Crippen LogP) is 3.07. The van der Waals surface area contributed by atoms with Gasteiger partial charge in [-0.05, 0) is 37.4 Å². The third kappa shape index (κ3) is 7.53. The number of anilines is 2. The minimum Gasteiger partial charge on any atom is -0.659 e. The third-order valence-corrected chi connectivity index (χ3v) is 5.12.